The highest BCUT2D eigenvalue weighted by Gasteiger charge is 2.26. The zero-order valence-electron chi connectivity index (χ0n) is 13.3. The fourth-order valence-electron chi connectivity index (χ4n) is 2.51. The van der Waals surface area contributed by atoms with Crippen LogP contribution in [0.25, 0.3) is 0 Å². The van der Waals surface area contributed by atoms with Crippen LogP contribution in [0.1, 0.15) is 20.3 Å². The molecular formula is C16H17FN4O3. The van der Waals surface area contributed by atoms with Crippen LogP contribution in [0.3, 0.4) is 0 Å². The molecule has 8 heteroatoms. The van der Waals surface area contributed by atoms with Gasteiger partial charge in [-0.05, 0) is 12.0 Å². The zero-order chi connectivity index (χ0) is 17.3. The summed E-state index contributed by atoms with van der Waals surface area (Å²) in [5.74, 6) is -0.177. The fourth-order valence-corrected chi connectivity index (χ4v) is 2.51. The van der Waals surface area contributed by atoms with Crippen molar-refractivity contribution >= 4 is 17.6 Å². The van der Waals surface area contributed by atoms with E-state index in [2.05, 4.69) is 15.3 Å². The molecule has 1 aromatic rings. The molecule has 0 saturated carbocycles. The third-order valence-electron chi connectivity index (χ3n) is 4.13. The molecule has 1 fully saturated rings. The van der Waals surface area contributed by atoms with E-state index < -0.39 is 6.03 Å². The van der Waals surface area contributed by atoms with Crippen molar-refractivity contribution in [1.82, 2.24) is 15.3 Å². The first-order valence-corrected chi connectivity index (χ1v) is 7.64. The van der Waals surface area contributed by atoms with Gasteiger partial charge in [0.1, 0.15) is 11.6 Å². The van der Waals surface area contributed by atoms with Crippen LogP contribution in [0.15, 0.2) is 36.1 Å². The normalized spacial score (nSPS) is 24.2. The summed E-state index contributed by atoms with van der Waals surface area (Å²) in [4.78, 5) is 32.4. The first kappa shape index (κ1) is 16.1. The first-order chi connectivity index (χ1) is 11.4. The van der Waals surface area contributed by atoms with Crippen molar-refractivity contribution in [3.05, 3.63) is 36.1 Å². The molecule has 2 atom stereocenters. The largest absolute Gasteiger partial charge is 0.428 e. The van der Waals surface area contributed by atoms with Gasteiger partial charge in [-0.3, -0.25) is 15.0 Å². The van der Waals surface area contributed by atoms with Gasteiger partial charge in [-0.1, -0.05) is 13.8 Å². The van der Waals surface area contributed by atoms with Crippen molar-refractivity contribution in [1.29, 1.82) is 0 Å². The standard InChI is InChI=1S/C16H17FN4O3/c1-9-5-11(17)6-13(10(9)2)24-15-18-7-12(8-19-15)21-4-3-14(22)20-16(21)23/h5-10H,3-4H2,1-2H3,(H,20,22,23). The van der Waals surface area contributed by atoms with Gasteiger partial charge in [-0.15, -0.1) is 0 Å². The Labute approximate surface area is 138 Å². The number of halogens is 1. The van der Waals surface area contributed by atoms with Crippen molar-refractivity contribution in [2.45, 2.75) is 20.3 Å². The minimum atomic E-state index is -0.506. The quantitative estimate of drug-likeness (QED) is 0.918. The fraction of sp³-hybridized carbons (Fsp3) is 0.375. The second-order valence-electron chi connectivity index (χ2n) is 5.83. The number of rotatable bonds is 3. The van der Waals surface area contributed by atoms with Crippen LogP contribution in [0.4, 0.5) is 14.9 Å². The maximum absolute atomic E-state index is 13.5. The zero-order valence-corrected chi connectivity index (χ0v) is 13.3. The molecule has 0 aromatic carbocycles. The van der Waals surface area contributed by atoms with E-state index in [1.807, 2.05) is 13.8 Å². The lowest BCUT2D eigenvalue weighted by atomic mass is 9.90. The monoisotopic (exact) mass is 332 g/mol. The summed E-state index contributed by atoms with van der Waals surface area (Å²) >= 11 is 0. The molecule has 24 heavy (non-hydrogen) atoms. The predicted molar refractivity (Wildman–Crippen MR) is 83.8 cm³/mol. The molecule has 0 radical (unpaired) electrons. The second-order valence-corrected chi connectivity index (χ2v) is 5.83. The molecule has 1 aromatic heterocycles. The predicted octanol–water partition coefficient (Wildman–Crippen LogP) is 2.32. The average molecular weight is 332 g/mol. The van der Waals surface area contributed by atoms with Crippen LogP contribution in [-0.2, 0) is 4.79 Å². The number of amides is 3. The van der Waals surface area contributed by atoms with Crippen molar-refractivity contribution in [3.8, 4) is 6.01 Å². The topological polar surface area (TPSA) is 84.4 Å². The molecule has 2 unspecified atom stereocenters. The molecule has 3 amide bonds. The van der Waals surface area contributed by atoms with E-state index in [1.165, 1.54) is 29.4 Å². The lowest BCUT2D eigenvalue weighted by Gasteiger charge is -2.26. The van der Waals surface area contributed by atoms with Gasteiger partial charge in [0.15, 0.2) is 0 Å². The lowest BCUT2D eigenvalue weighted by molar-refractivity contribution is -0.120. The van der Waals surface area contributed by atoms with Gasteiger partial charge in [-0.25, -0.2) is 19.2 Å². The van der Waals surface area contributed by atoms with Gasteiger partial charge < -0.3 is 4.74 Å². The Kier molecular flexibility index (Phi) is 4.28. The maximum Gasteiger partial charge on any atom is 0.328 e. The average Bonchev–Trinajstić information content (AvgIpc) is 2.53. The first-order valence-electron chi connectivity index (χ1n) is 7.64. The second kappa shape index (κ2) is 6.38. The van der Waals surface area contributed by atoms with E-state index in [0.29, 0.717) is 11.4 Å². The van der Waals surface area contributed by atoms with Crippen molar-refractivity contribution in [3.63, 3.8) is 0 Å². The Morgan fingerprint density at radius 1 is 1.29 bits per heavy atom. The van der Waals surface area contributed by atoms with E-state index in [1.54, 1.807) is 0 Å². The molecule has 1 N–H and O–H groups in total. The van der Waals surface area contributed by atoms with E-state index in [4.69, 9.17) is 4.74 Å². The van der Waals surface area contributed by atoms with Gasteiger partial charge in [0.05, 0.1) is 18.1 Å². The molecule has 1 aliphatic carbocycles. The van der Waals surface area contributed by atoms with Crippen molar-refractivity contribution in [2.24, 2.45) is 11.8 Å². The number of urea groups is 1. The Morgan fingerprint density at radius 2 is 2.00 bits per heavy atom. The van der Waals surface area contributed by atoms with Gasteiger partial charge in [0.2, 0.25) is 5.91 Å². The van der Waals surface area contributed by atoms with Crippen LogP contribution < -0.4 is 15.0 Å². The molecule has 1 saturated heterocycles. The molecule has 7 nitrogen and oxygen atoms in total. The van der Waals surface area contributed by atoms with Crippen molar-refractivity contribution in [2.75, 3.05) is 11.4 Å². The summed E-state index contributed by atoms with van der Waals surface area (Å²) in [6.45, 7) is 4.10. The Hall–Kier alpha value is -2.77. The summed E-state index contributed by atoms with van der Waals surface area (Å²) in [5.41, 5.74) is 0.456. The number of hydrogen-bond donors (Lipinski definition) is 1. The smallest absolute Gasteiger partial charge is 0.328 e. The summed E-state index contributed by atoms with van der Waals surface area (Å²) < 4.78 is 19.1. The van der Waals surface area contributed by atoms with Crippen LogP contribution in [0.2, 0.25) is 0 Å². The van der Waals surface area contributed by atoms with Gasteiger partial charge in [-0.2, -0.15) is 0 Å². The molecule has 0 spiro atoms. The van der Waals surface area contributed by atoms with Crippen molar-refractivity contribution < 1.29 is 18.7 Å². The number of anilines is 1. The van der Waals surface area contributed by atoms with E-state index >= 15 is 0 Å². The number of carbonyl (C=O) groups excluding carboxylic acids is 2. The third-order valence-corrected chi connectivity index (χ3v) is 4.13. The highest BCUT2D eigenvalue weighted by Crippen LogP contribution is 2.30. The number of nitrogens with one attached hydrogen (secondary N) is 1. The van der Waals surface area contributed by atoms with Crippen LogP contribution in [-0.4, -0.2) is 28.5 Å². The number of aromatic nitrogens is 2. The molecule has 2 heterocycles. The van der Waals surface area contributed by atoms with E-state index in [9.17, 15) is 14.0 Å². The number of nitrogens with zero attached hydrogens (tertiary/aromatic N) is 3. The minimum absolute atomic E-state index is 0.00617. The Balaban J connectivity index is 1.72. The van der Waals surface area contributed by atoms with Crippen LogP contribution >= 0.6 is 0 Å². The molecule has 2 aliphatic rings. The summed E-state index contributed by atoms with van der Waals surface area (Å²) in [5, 5.41) is 2.23. The van der Waals surface area contributed by atoms with Crippen LogP contribution in [0, 0.1) is 11.8 Å². The third kappa shape index (κ3) is 3.27. The summed E-state index contributed by atoms with van der Waals surface area (Å²) in [6, 6.07) is -0.430. The highest BCUT2D eigenvalue weighted by atomic mass is 19.1. The SMILES string of the molecule is CC1C=C(F)C=C(Oc2ncc(N3CCC(=O)NC3=O)cn2)C1C. The number of hydrogen-bond acceptors (Lipinski definition) is 5. The molecule has 126 valence electrons. The van der Waals surface area contributed by atoms with Gasteiger partial charge in [0, 0.05) is 25.0 Å². The number of allylic oxidation sites excluding steroid dienone is 4. The molecule has 1 aliphatic heterocycles. The van der Waals surface area contributed by atoms with Gasteiger partial charge in [0.25, 0.3) is 0 Å². The molecule has 0 bridgehead atoms. The minimum Gasteiger partial charge on any atom is -0.428 e. The van der Waals surface area contributed by atoms with E-state index in [-0.39, 0.29) is 42.5 Å². The summed E-state index contributed by atoms with van der Waals surface area (Å²) in [6.07, 6.45) is 5.95. The number of ether oxygens (including phenoxy) is 1. The Morgan fingerprint density at radius 3 is 2.67 bits per heavy atom. The Bertz CT molecular complexity index is 729. The number of carbonyl (C=O) groups is 2. The highest BCUT2D eigenvalue weighted by molar-refractivity contribution is 6.05. The number of imide groups is 1. The van der Waals surface area contributed by atoms with E-state index in [0.717, 1.165) is 0 Å². The lowest BCUT2D eigenvalue weighted by Crippen LogP contribution is -2.49. The molecule has 3 rings (SSSR count). The molecular weight excluding hydrogens is 315 g/mol. The van der Waals surface area contributed by atoms with Crippen LogP contribution in [0.5, 0.6) is 6.01 Å². The summed E-state index contributed by atoms with van der Waals surface area (Å²) in [7, 11) is 0. The van der Waals surface area contributed by atoms with Gasteiger partial charge >= 0.3 is 12.0 Å². The maximum atomic E-state index is 13.5.